The Bertz CT molecular complexity index is 1190. The topological polar surface area (TPSA) is 109 Å². The van der Waals surface area contributed by atoms with E-state index in [1.165, 1.54) is 0 Å². The Labute approximate surface area is 190 Å². The van der Waals surface area contributed by atoms with Crippen LogP contribution in [0, 0.1) is 6.92 Å². The van der Waals surface area contributed by atoms with Crippen LogP contribution in [0.5, 0.6) is 11.5 Å². The summed E-state index contributed by atoms with van der Waals surface area (Å²) in [5, 5.41) is 6.85. The van der Waals surface area contributed by atoms with Gasteiger partial charge in [0.1, 0.15) is 5.75 Å². The molecule has 0 aliphatic heterocycles. The van der Waals surface area contributed by atoms with Crippen molar-refractivity contribution in [3.05, 3.63) is 81.8 Å². The number of hydrogen-bond donors (Lipinski definition) is 1. The number of carbonyl (C=O) groups excluding carboxylic acids is 2. The maximum absolute atomic E-state index is 12.6. The largest absolute Gasteiger partial charge is 0.497 e. The van der Waals surface area contributed by atoms with Crippen LogP contribution < -0.4 is 20.3 Å². The first kappa shape index (κ1) is 23.5. The van der Waals surface area contributed by atoms with Crippen molar-refractivity contribution in [3.8, 4) is 17.2 Å². The van der Waals surface area contributed by atoms with Crippen LogP contribution in [0.1, 0.15) is 28.5 Å². The fourth-order valence-electron chi connectivity index (χ4n) is 2.94. The minimum absolute atomic E-state index is 0.116. The lowest BCUT2D eigenvalue weighted by Gasteiger charge is -2.13. The maximum atomic E-state index is 12.6. The molecule has 0 spiro atoms. The van der Waals surface area contributed by atoms with Crippen molar-refractivity contribution in [2.24, 2.45) is 0 Å². The first-order valence-electron chi connectivity index (χ1n) is 10.3. The van der Waals surface area contributed by atoms with E-state index < -0.39 is 24.0 Å². The van der Waals surface area contributed by atoms with Crippen LogP contribution in [0.4, 0.5) is 0 Å². The van der Waals surface area contributed by atoms with E-state index >= 15 is 0 Å². The van der Waals surface area contributed by atoms with Crippen LogP contribution in [0.25, 0.3) is 5.69 Å². The van der Waals surface area contributed by atoms with Crippen molar-refractivity contribution >= 4 is 11.9 Å². The SMILES string of the molecule is CCOC(=O)c1nn(-c2ccc(C)cc2)c(=O)cc1OCC(=O)NCc1cccc(OC)c1. The van der Waals surface area contributed by atoms with E-state index in [9.17, 15) is 14.4 Å². The van der Waals surface area contributed by atoms with Gasteiger partial charge >= 0.3 is 5.97 Å². The van der Waals surface area contributed by atoms with Crippen LogP contribution in [0.3, 0.4) is 0 Å². The van der Waals surface area contributed by atoms with Crippen LogP contribution in [-0.4, -0.2) is 42.0 Å². The van der Waals surface area contributed by atoms with E-state index in [1.54, 1.807) is 38.3 Å². The van der Waals surface area contributed by atoms with Crippen molar-refractivity contribution in [2.75, 3.05) is 20.3 Å². The number of esters is 1. The second-order valence-electron chi connectivity index (χ2n) is 7.08. The summed E-state index contributed by atoms with van der Waals surface area (Å²) in [5.41, 5.74) is 1.63. The average molecular weight is 451 g/mol. The molecule has 3 rings (SSSR count). The molecule has 1 heterocycles. The number of rotatable bonds is 9. The molecule has 1 aromatic heterocycles. The molecule has 3 aromatic rings. The summed E-state index contributed by atoms with van der Waals surface area (Å²) < 4.78 is 16.8. The van der Waals surface area contributed by atoms with Crippen LogP contribution in [0.2, 0.25) is 0 Å². The fourth-order valence-corrected chi connectivity index (χ4v) is 2.94. The normalized spacial score (nSPS) is 10.4. The van der Waals surface area contributed by atoms with Gasteiger partial charge in [-0.1, -0.05) is 29.8 Å². The van der Waals surface area contributed by atoms with E-state index in [-0.39, 0.29) is 24.6 Å². The van der Waals surface area contributed by atoms with Crippen molar-refractivity contribution in [3.63, 3.8) is 0 Å². The van der Waals surface area contributed by atoms with Gasteiger partial charge in [-0.05, 0) is 43.7 Å². The Morgan fingerprint density at radius 2 is 1.85 bits per heavy atom. The molecule has 1 N–H and O–H groups in total. The van der Waals surface area contributed by atoms with Crippen molar-refractivity contribution in [1.29, 1.82) is 0 Å². The highest BCUT2D eigenvalue weighted by Gasteiger charge is 2.20. The molecule has 9 nitrogen and oxygen atoms in total. The molecular weight excluding hydrogens is 426 g/mol. The molecule has 0 unspecified atom stereocenters. The lowest BCUT2D eigenvalue weighted by molar-refractivity contribution is -0.123. The molecule has 0 saturated heterocycles. The molecule has 2 aromatic carbocycles. The van der Waals surface area contributed by atoms with Gasteiger partial charge in [0.2, 0.25) is 5.69 Å². The van der Waals surface area contributed by atoms with Gasteiger partial charge in [0, 0.05) is 6.54 Å². The molecule has 33 heavy (non-hydrogen) atoms. The van der Waals surface area contributed by atoms with Gasteiger partial charge in [0.15, 0.2) is 12.4 Å². The minimum atomic E-state index is -0.759. The molecule has 0 bridgehead atoms. The zero-order chi connectivity index (χ0) is 23.8. The second-order valence-corrected chi connectivity index (χ2v) is 7.08. The molecule has 0 atom stereocenters. The Balaban J connectivity index is 1.76. The number of methoxy groups -OCH3 is 1. The van der Waals surface area contributed by atoms with E-state index in [0.29, 0.717) is 11.4 Å². The Kier molecular flexibility index (Phi) is 7.80. The number of nitrogens with zero attached hydrogens (tertiary/aromatic N) is 2. The molecule has 172 valence electrons. The number of amides is 1. The van der Waals surface area contributed by atoms with E-state index in [4.69, 9.17) is 14.2 Å². The zero-order valence-electron chi connectivity index (χ0n) is 18.7. The van der Waals surface area contributed by atoms with Gasteiger partial charge < -0.3 is 19.5 Å². The lowest BCUT2D eigenvalue weighted by Crippen LogP contribution is -2.30. The van der Waals surface area contributed by atoms with Gasteiger partial charge in [-0.2, -0.15) is 9.78 Å². The third-order valence-corrected chi connectivity index (χ3v) is 4.63. The first-order chi connectivity index (χ1) is 15.9. The third-order valence-electron chi connectivity index (χ3n) is 4.63. The minimum Gasteiger partial charge on any atom is -0.497 e. The van der Waals surface area contributed by atoms with Gasteiger partial charge in [0.05, 0.1) is 25.5 Å². The standard InChI is InChI=1S/C24H25N3O6/c1-4-32-24(30)23-20(13-22(29)27(26-23)18-10-8-16(2)9-11-18)33-15-21(28)25-14-17-6-5-7-19(12-17)31-3/h5-13H,4,14-15H2,1-3H3,(H,25,28). The summed E-state index contributed by atoms with van der Waals surface area (Å²) in [6.45, 7) is 3.54. The highest BCUT2D eigenvalue weighted by Crippen LogP contribution is 2.17. The smallest absolute Gasteiger partial charge is 0.362 e. The van der Waals surface area contributed by atoms with E-state index in [2.05, 4.69) is 10.4 Å². The third kappa shape index (κ3) is 6.19. The Morgan fingerprint density at radius 1 is 1.09 bits per heavy atom. The fraction of sp³-hybridized carbons (Fsp3) is 0.250. The number of carbonyl (C=O) groups is 2. The number of hydrogen-bond acceptors (Lipinski definition) is 7. The van der Waals surface area contributed by atoms with Gasteiger partial charge in [-0.15, -0.1) is 0 Å². The van der Waals surface area contributed by atoms with E-state index in [1.807, 2.05) is 31.2 Å². The van der Waals surface area contributed by atoms with Crippen molar-refractivity contribution in [1.82, 2.24) is 15.1 Å². The quantitative estimate of drug-likeness (QED) is 0.498. The monoisotopic (exact) mass is 451 g/mol. The van der Waals surface area contributed by atoms with Crippen molar-refractivity contribution < 1.29 is 23.8 Å². The lowest BCUT2D eigenvalue weighted by atomic mass is 10.2. The molecule has 0 fully saturated rings. The average Bonchev–Trinajstić information content (AvgIpc) is 2.82. The molecule has 0 saturated carbocycles. The van der Waals surface area contributed by atoms with Crippen LogP contribution in [-0.2, 0) is 16.1 Å². The number of benzene rings is 2. The van der Waals surface area contributed by atoms with Gasteiger partial charge in [0.25, 0.3) is 11.5 Å². The molecule has 0 radical (unpaired) electrons. The highest BCUT2D eigenvalue weighted by atomic mass is 16.5. The van der Waals surface area contributed by atoms with E-state index in [0.717, 1.165) is 21.9 Å². The highest BCUT2D eigenvalue weighted by molar-refractivity contribution is 5.90. The summed E-state index contributed by atoms with van der Waals surface area (Å²) in [6.07, 6.45) is 0. The summed E-state index contributed by atoms with van der Waals surface area (Å²) in [5.74, 6) is -0.642. The molecule has 0 aliphatic carbocycles. The molecular formula is C24H25N3O6. The van der Waals surface area contributed by atoms with Crippen molar-refractivity contribution in [2.45, 2.75) is 20.4 Å². The van der Waals surface area contributed by atoms with Gasteiger partial charge in [-0.25, -0.2) is 4.79 Å². The summed E-state index contributed by atoms with van der Waals surface area (Å²) in [6, 6.07) is 15.5. The molecule has 9 heteroatoms. The molecule has 1 amide bonds. The summed E-state index contributed by atoms with van der Waals surface area (Å²) in [4.78, 5) is 37.3. The Hall–Kier alpha value is -4.14. The Morgan fingerprint density at radius 3 is 2.55 bits per heavy atom. The second kappa shape index (κ2) is 10.9. The van der Waals surface area contributed by atoms with Crippen LogP contribution in [0.15, 0.2) is 59.4 Å². The number of aryl methyl sites for hydroxylation is 1. The maximum Gasteiger partial charge on any atom is 0.362 e. The zero-order valence-corrected chi connectivity index (χ0v) is 18.7. The molecule has 0 aliphatic rings. The number of ether oxygens (including phenoxy) is 3. The predicted octanol–water partition coefficient (Wildman–Crippen LogP) is 2.42. The van der Waals surface area contributed by atoms with Gasteiger partial charge in [-0.3, -0.25) is 9.59 Å². The summed E-state index contributed by atoms with van der Waals surface area (Å²) >= 11 is 0. The number of aromatic nitrogens is 2. The van der Waals surface area contributed by atoms with Crippen LogP contribution >= 0.6 is 0 Å². The number of nitrogens with one attached hydrogen (secondary N) is 1. The summed E-state index contributed by atoms with van der Waals surface area (Å²) in [7, 11) is 1.56. The first-order valence-corrected chi connectivity index (χ1v) is 10.3. The predicted molar refractivity (Wildman–Crippen MR) is 121 cm³/mol.